The van der Waals surface area contributed by atoms with Gasteiger partial charge < -0.3 is 4.74 Å². The molecule has 0 radical (unpaired) electrons. The molecule has 0 bridgehead atoms. The van der Waals surface area contributed by atoms with Gasteiger partial charge in [0.15, 0.2) is 5.82 Å². The van der Waals surface area contributed by atoms with Crippen molar-refractivity contribution in [2.45, 2.75) is 4.90 Å². The molecule has 8 nitrogen and oxygen atoms in total. The fraction of sp³-hybridized carbons (Fsp3) is 0. The molecule has 0 saturated heterocycles. The molecule has 0 amide bonds. The maximum Gasteiger partial charge on any atom is 0.261 e. The Kier molecular flexibility index (Phi) is 4.92. The Bertz CT molecular complexity index is 1190. The summed E-state index contributed by atoms with van der Waals surface area (Å²) < 4.78 is 47.2. The maximum absolute atomic E-state index is 13.0. The van der Waals surface area contributed by atoms with Crippen LogP contribution in [0.15, 0.2) is 84.0 Å². The molecule has 0 atom stereocenters. The molecule has 0 spiro atoms. The normalized spacial score (nSPS) is 11.2. The largest absolute Gasteiger partial charge is 0.438 e. The summed E-state index contributed by atoms with van der Waals surface area (Å²) >= 11 is 0. The summed E-state index contributed by atoms with van der Waals surface area (Å²) in [4.78, 5) is -0.0354. The van der Waals surface area contributed by atoms with Crippen LogP contribution in [0.3, 0.4) is 0 Å². The van der Waals surface area contributed by atoms with Crippen LogP contribution in [0, 0.1) is 5.82 Å². The van der Waals surface area contributed by atoms with Crippen LogP contribution >= 0.6 is 0 Å². The average molecular weight is 411 g/mol. The van der Waals surface area contributed by atoms with Gasteiger partial charge in [0.05, 0.1) is 4.90 Å². The number of rotatable bonds is 6. The number of ether oxygens (including phenoxy) is 1. The van der Waals surface area contributed by atoms with E-state index < -0.39 is 15.8 Å². The van der Waals surface area contributed by atoms with Crippen molar-refractivity contribution in [1.29, 1.82) is 0 Å². The van der Waals surface area contributed by atoms with E-state index in [1.165, 1.54) is 12.1 Å². The number of anilines is 1. The minimum Gasteiger partial charge on any atom is -0.438 e. The van der Waals surface area contributed by atoms with Gasteiger partial charge in [0, 0.05) is 24.1 Å². The Balaban J connectivity index is 1.43. The molecule has 0 unspecified atom stereocenters. The maximum atomic E-state index is 13.0. The molecule has 2 heterocycles. The zero-order valence-corrected chi connectivity index (χ0v) is 15.6. The van der Waals surface area contributed by atoms with Crippen LogP contribution in [0.25, 0.3) is 5.82 Å². The second-order valence-corrected chi connectivity index (χ2v) is 7.55. The number of hydrogen-bond donors (Lipinski definition) is 1. The van der Waals surface area contributed by atoms with Gasteiger partial charge in [-0.3, -0.25) is 4.72 Å². The molecule has 2 aromatic carbocycles. The lowest BCUT2D eigenvalue weighted by molar-refractivity contribution is 0.454. The molecule has 2 aromatic heterocycles. The molecule has 4 aromatic rings. The van der Waals surface area contributed by atoms with Crippen molar-refractivity contribution in [3.05, 3.63) is 84.9 Å². The molecule has 146 valence electrons. The third-order valence-corrected chi connectivity index (χ3v) is 5.22. The molecule has 10 heteroatoms. The van der Waals surface area contributed by atoms with E-state index in [4.69, 9.17) is 4.74 Å². The SMILES string of the molecule is O=S(=O)(Nc1ccc(Oc2ccc(-n3cccn3)nn2)cc1)c1ccc(F)cc1. The Labute approximate surface area is 165 Å². The zero-order valence-electron chi connectivity index (χ0n) is 14.8. The number of halogens is 1. The van der Waals surface area contributed by atoms with Crippen molar-refractivity contribution < 1.29 is 17.5 Å². The van der Waals surface area contributed by atoms with E-state index in [2.05, 4.69) is 20.0 Å². The Morgan fingerprint density at radius 3 is 2.31 bits per heavy atom. The number of nitrogens with one attached hydrogen (secondary N) is 1. The third kappa shape index (κ3) is 4.38. The number of aromatic nitrogens is 4. The minimum atomic E-state index is -3.82. The quantitative estimate of drug-likeness (QED) is 0.522. The summed E-state index contributed by atoms with van der Waals surface area (Å²) in [6, 6.07) is 16.0. The van der Waals surface area contributed by atoms with Crippen LogP contribution in [0.2, 0.25) is 0 Å². The highest BCUT2D eigenvalue weighted by Crippen LogP contribution is 2.23. The fourth-order valence-corrected chi connectivity index (χ4v) is 3.49. The second-order valence-electron chi connectivity index (χ2n) is 5.87. The van der Waals surface area contributed by atoms with E-state index in [1.807, 2.05) is 0 Å². The first-order chi connectivity index (χ1) is 14.0. The molecule has 0 aliphatic carbocycles. The first-order valence-electron chi connectivity index (χ1n) is 8.40. The lowest BCUT2D eigenvalue weighted by Gasteiger charge is -2.09. The molecule has 29 heavy (non-hydrogen) atoms. The smallest absolute Gasteiger partial charge is 0.261 e. The van der Waals surface area contributed by atoms with E-state index in [1.54, 1.807) is 59.5 Å². The van der Waals surface area contributed by atoms with E-state index in [-0.39, 0.29) is 10.8 Å². The van der Waals surface area contributed by atoms with Gasteiger partial charge in [0.25, 0.3) is 10.0 Å². The summed E-state index contributed by atoms with van der Waals surface area (Å²) in [5, 5.41) is 12.1. The summed E-state index contributed by atoms with van der Waals surface area (Å²) in [6.07, 6.45) is 3.38. The van der Waals surface area contributed by atoms with Gasteiger partial charge in [0.2, 0.25) is 5.88 Å². The number of sulfonamides is 1. The Hall–Kier alpha value is -3.79. The van der Waals surface area contributed by atoms with E-state index in [0.717, 1.165) is 12.1 Å². The molecule has 4 rings (SSSR count). The molecule has 0 aliphatic heterocycles. The monoisotopic (exact) mass is 411 g/mol. The predicted molar refractivity (Wildman–Crippen MR) is 103 cm³/mol. The summed E-state index contributed by atoms with van der Waals surface area (Å²) in [5.74, 6) is 0.774. The highest BCUT2D eigenvalue weighted by atomic mass is 32.2. The van der Waals surface area contributed by atoms with Gasteiger partial charge >= 0.3 is 0 Å². The molecule has 0 fully saturated rings. The van der Waals surface area contributed by atoms with Crippen LogP contribution in [-0.2, 0) is 10.0 Å². The molecule has 0 aliphatic rings. The van der Waals surface area contributed by atoms with Gasteiger partial charge in [0.1, 0.15) is 11.6 Å². The number of hydrogen-bond acceptors (Lipinski definition) is 6. The summed E-state index contributed by atoms with van der Waals surface area (Å²) in [6.45, 7) is 0. The lowest BCUT2D eigenvalue weighted by Crippen LogP contribution is -2.12. The predicted octanol–water partition coefficient (Wildman–Crippen LogP) is 3.39. The van der Waals surface area contributed by atoms with E-state index >= 15 is 0 Å². The van der Waals surface area contributed by atoms with Gasteiger partial charge in [-0.05, 0) is 60.7 Å². The van der Waals surface area contributed by atoms with Crippen LogP contribution in [-0.4, -0.2) is 28.4 Å². The number of nitrogens with zero attached hydrogens (tertiary/aromatic N) is 4. The molecular formula is C19H14FN5O3S. The van der Waals surface area contributed by atoms with Crippen molar-refractivity contribution in [2.75, 3.05) is 4.72 Å². The van der Waals surface area contributed by atoms with Crippen molar-refractivity contribution in [3.8, 4) is 17.4 Å². The lowest BCUT2D eigenvalue weighted by atomic mass is 10.3. The highest BCUT2D eigenvalue weighted by molar-refractivity contribution is 7.92. The van der Waals surface area contributed by atoms with Crippen molar-refractivity contribution in [2.24, 2.45) is 0 Å². The standard InChI is InChI=1S/C19H14FN5O3S/c20-14-2-8-17(9-3-14)29(26,27)24-15-4-6-16(7-5-15)28-19-11-10-18(22-23-19)25-13-1-12-21-25/h1-13,24H. The Morgan fingerprint density at radius 2 is 1.69 bits per heavy atom. The van der Waals surface area contributed by atoms with Crippen molar-refractivity contribution in [3.63, 3.8) is 0 Å². The first-order valence-corrected chi connectivity index (χ1v) is 9.88. The van der Waals surface area contributed by atoms with Crippen molar-refractivity contribution in [1.82, 2.24) is 20.0 Å². The van der Waals surface area contributed by atoms with Crippen LogP contribution in [0.4, 0.5) is 10.1 Å². The van der Waals surface area contributed by atoms with Gasteiger partial charge in [-0.1, -0.05) is 0 Å². The third-order valence-electron chi connectivity index (χ3n) is 3.82. The summed E-state index contributed by atoms with van der Waals surface area (Å²) in [5.41, 5.74) is 0.335. The molecule has 0 saturated carbocycles. The molecular weight excluding hydrogens is 397 g/mol. The minimum absolute atomic E-state index is 0.0354. The van der Waals surface area contributed by atoms with Gasteiger partial charge in [-0.25, -0.2) is 17.5 Å². The van der Waals surface area contributed by atoms with Gasteiger partial charge in [-0.15, -0.1) is 10.2 Å². The molecule has 1 N–H and O–H groups in total. The van der Waals surface area contributed by atoms with Crippen LogP contribution < -0.4 is 9.46 Å². The fourth-order valence-electron chi connectivity index (χ4n) is 2.43. The zero-order chi connectivity index (χ0) is 20.3. The van der Waals surface area contributed by atoms with Gasteiger partial charge in [-0.2, -0.15) is 5.10 Å². The number of benzene rings is 2. The van der Waals surface area contributed by atoms with E-state index in [0.29, 0.717) is 17.3 Å². The first kappa shape index (κ1) is 18.6. The Morgan fingerprint density at radius 1 is 0.931 bits per heavy atom. The summed E-state index contributed by atoms with van der Waals surface area (Å²) in [7, 11) is -3.82. The van der Waals surface area contributed by atoms with Crippen LogP contribution in [0.5, 0.6) is 11.6 Å². The second kappa shape index (κ2) is 7.68. The van der Waals surface area contributed by atoms with E-state index in [9.17, 15) is 12.8 Å². The van der Waals surface area contributed by atoms with Crippen LogP contribution in [0.1, 0.15) is 0 Å². The topological polar surface area (TPSA) is 99.0 Å². The highest BCUT2D eigenvalue weighted by Gasteiger charge is 2.14. The average Bonchev–Trinajstić information content (AvgIpc) is 3.25. The van der Waals surface area contributed by atoms with Crippen molar-refractivity contribution >= 4 is 15.7 Å².